The molecule has 1 aromatic heterocycles. The van der Waals surface area contributed by atoms with Crippen LogP contribution in [0.1, 0.15) is 12.5 Å². The molecule has 1 aliphatic heterocycles. The van der Waals surface area contributed by atoms with Crippen LogP contribution in [0, 0.1) is 10.1 Å². The highest BCUT2D eigenvalue weighted by atomic mass is 35.5. The first-order valence-electron chi connectivity index (χ1n) is 7.33. The van der Waals surface area contributed by atoms with Crippen LogP contribution in [0.15, 0.2) is 36.5 Å². The normalized spacial score (nSPS) is 17.6. The third kappa shape index (κ3) is 2.94. The molecule has 1 atom stereocenters. The summed E-state index contributed by atoms with van der Waals surface area (Å²) in [5, 5.41) is 11.2. The van der Waals surface area contributed by atoms with Gasteiger partial charge >= 0.3 is 0 Å². The molecule has 2 aromatic rings. The number of para-hydroxylation sites is 1. The predicted molar refractivity (Wildman–Crippen MR) is 91.3 cm³/mol. The van der Waals surface area contributed by atoms with Crippen molar-refractivity contribution in [2.24, 2.45) is 0 Å². The number of aromatic nitrogens is 1. The first-order chi connectivity index (χ1) is 11.0. The van der Waals surface area contributed by atoms with E-state index in [9.17, 15) is 10.1 Å². The Balaban J connectivity index is 2.01. The zero-order chi connectivity index (χ0) is 16.6. The van der Waals surface area contributed by atoms with Gasteiger partial charge in [-0.15, -0.1) is 0 Å². The van der Waals surface area contributed by atoms with Gasteiger partial charge in [-0.2, -0.15) is 0 Å². The molecule has 0 saturated heterocycles. The Kier molecular flexibility index (Phi) is 4.09. The second kappa shape index (κ2) is 6.04. The van der Waals surface area contributed by atoms with E-state index in [0.717, 1.165) is 6.54 Å². The van der Waals surface area contributed by atoms with E-state index in [1.54, 1.807) is 0 Å². The first-order valence-corrected chi connectivity index (χ1v) is 7.71. The number of anilines is 2. The zero-order valence-corrected chi connectivity index (χ0v) is 13.7. The lowest BCUT2D eigenvalue weighted by atomic mass is 10.1. The van der Waals surface area contributed by atoms with Crippen LogP contribution in [-0.4, -0.2) is 29.5 Å². The molecule has 0 bridgehead atoms. The number of nitro groups is 1. The fourth-order valence-corrected chi connectivity index (χ4v) is 3.23. The topological polar surface area (TPSA) is 62.5 Å². The van der Waals surface area contributed by atoms with Crippen molar-refractivity contribution < 1.29 is 4.92 Å². The molecule has 120 valence electrons. The summed E-state index contributed by atoms with van der Waals surface area (Å²) in [5.41, 5.74) is 2.26. The maximum Gasteiger partial charge on any atom is 0.289 e. The van der Waals surface area contributed by atoms with Gasteiger partial charge in [0.15, 0.2) is 0 Å². The number of rotatable bonds is 2. The van der Waals surface area contributed by atoms with Gasteiger partial charge in [-0.1, -0.05) is 29.8 Å². The minimum atomic E-state index is -0.488. The van der Waals surface area contributed by atoms with Gasteiger partial charge in [0.25, 0.3) is 5.69 Å². The minimum absolute atomic E-state index is 0.0984. The maximum absolute atomic E-state index is 10.9. The SMILES string of the molecule is CC1CN(C)c2ccccc2CN1c1ncc([N+](=O)[O-])cc1Cl. The molecule has 0 amide bonds. The quantitative estimate of drug-likeness (QED) is 0.622. The molecule has 6 nitrogen and oxygen atoms in total. The molecule has 0 saturated carbocycles. The highest BCUT2D eigenvalue weighted by molar-refractivity contribution is 6.33. The third-order valence-corrected chi connectivity index (χ3v) is 4.38. The molecule has 0 fully saturated rings. The van der Waals surface area contributed by atoms with Crippen molar-refractivity contribution in [1.29, 1.82) is 0 Å². The molecule has 3 rings (SSSR count). The monoisotopic (exact) mass is 332 g/mol. The van der Waals surface area contributed by atoms with Gasteiger partial charge in [-0.05, 0) is 18.6 Å². The van der Waals surface area contributed by atoms with Crippen molar-refractivity contribution >= 4 is 28.8 Å². The summed E-state index contributed by atoms with van der Waals surface area (Å²) in [5.74, 6) is 0.579. The average Bonchev–Trinajstić information content (AvgIpc) is 2.64. The lowest BCUT2D eigenvalue weighted by Gasteiger charge is -2.30. The number of hydrogen-bond acceptors (Lipinski definition) is 5. The van der Waals surface area contributed by atoms with E-state index in [0.29, 0.717) is 17.4 Å². The summed E-state index contributed by atoms with van der Waals surface area (Å²) < 4.78 is 0. The van der Waals surface area contributed by atoms with Crippen LogP contribution >= 0.6 is 11.6 Å². The van der Waals surface area contributed by atoms with Crippen LogP contribution in [0.25, 0.3) is 0 Å². The van der Waals surface area contributed by atoms with E-state index in [-0.39, 0.29) is 11.7 Å². The Bertz CT molecular complexity index is 753. The predicted octanol–water partition coefficient (Wildman–Crippen LogP) is 3.49. The highest BCUT2D eigenvalue weighted by Crippen LogP contribution is 2.33. The largest absolute Gasteiger partial charge is 0.372 e. The summed E-state index contributed by atoms with van der Waals surface area (Å²) in [6, 6.07) is 9.72. The van der Waals surface area contributed by atoms with E-state index in [2.05, 4.69) is 40.9 Å². The van der Waals surface area contributed by atoms with Gasteiger partial charge in [-0.3, -0.25) is 10.1 Å². The number of benzene rings is 1. The van der Waals surface area contributed by atoms with Crippen LogP contribution in [0.2, 0.25) is 5.02 Å². The van der Waals surface area contributed by atoms with Crippen molar-refractivity contribution in [2.75, 3.05) is 23.4 Å². The minimum Gasteiger partial charge on any atom is -0.372 e. The summed E-state index contributed by atoms with van der Waals surface area (Å²) in [6.45, 7) is 3.57. The van der Waals surface area contributed by atoms with Crippen LogP contribution in [0.3, 0.4) is 0 Å². The fourth-order valence-electron chi connectivity index (χ4n) is 2.96. The van der Waals surface area contributed by atoms with E-state index < -0.39 is 4.92 Å². The Morgan fingerprint density at radius 1 is 1.39 bits per heavy atom. The van der Waals surface area contributed by atoms with Crippen LogP contribution in [0.4, 0.5) is 17.2 Å². The van der Waals surface area contributed by atoms with Gasteiger partial charge in [0.1, 0.15) is 12.0 Å². The molecule has 0 spiro atoms. The Morgan fingerprint density at radius 2 is 2.13 bits per heavy atom. The molecule has 7 heteroatoms. The molecule has 2 heterocycles. The van der Waals surface area contributed by atoms with Gasteiger partial charge in [-0.25, -0.2) is 4.98 Å². The van der Waals surface area contributed by atoms with E-state index >= 15 is 0 Å². The van der Waals surface area contributed by atoms with E-state index in [1.165, 1.54) is 23.5 Å². The van der Waals surface area contributed by atoms with Crippen molar-refractivity contribution in [3.05, 3.63) is 57.2 Å². The molecular weight excluding hydrogens is 316 g/mol. The van der Waals surface area contributed by atoms with Crippen molar-refractivity contribution in [3.63, 3.8) is 0 Å². The van der Waals surface area contributed by atoms with Crippen LogP contribution in [0.5, 0.6) is 0 Å². The van der Waals surface area contributed by atoms with Gasteiger partial charge in [0.05, 0.1) is 9.95 Å². The third-order valence-electron chi connectivity index (χ3n) is 4.10. The van der Waals surface area contributed by atoms with Crippen molar-refractivity contribution in [1.82, 2.24) is 4.98 Å². The second-order valence-electron chi connectivity index (χ2n) is 5.74. The molecule has 23 heavy (non-hydrogen) atoms. The average molecular weight is 333 g/mol. The Labute approximate surface area is 139 Å². The van der Waals surface area contributed by atoms with Crippen LogP contribution in [-0.2, 0) is 6.54 Å². The molecule has 0 N–H and O–H groups in total. The summed E-state index contributed by atoms with van der Waals surface area (Å²) in [6.07, 6.45) is 1.26. The Morgan fingerprint density at radius 3 is 2.83 bits per heavy atom. The molecule has 1 aromatic carbocycles. The number of hydrogen-bond donors (Lipinski definition) is 0. The number of nitrogens with zero attached hydrogens (tertiary/aromatic N) is 4. The van der Waals surface area contributed by atoms with E-state index in [1.807, 2.05) is 12.1 Å². The lowest BCUT2D eigenvalue weighted by molar-refractivity contribution is -0.385. The first kappa shape index (κ1) is 15.6. The zero-order valence-electron chi connectivity index (χ0n) is 12.9. The molecule has 1 unspecified atom stereocenters. The van der Waals surface area contributed by atoms with E-state index in [4.69, 9.17) is 11.6 Å². The maximum atomic E-state index is 10.9. The summed E-state index contributed by atoms with van der Waals surface area (Å²) >= 11 is 6.27. The van der Waals surface area contributed by atoms with Gasteiger partial charge in [0, 0.05) is 37.9 Å². The number of pyridine rings is 1. The Hall–Kier alpha value is -2.34. The summed E-state index contributed by atoms with van der Waals surface area (Å²) in [7, 11) is 2.06. The van der Waals surface area contributed by atoms with Crippen LogP contribution < -0.4 is 9.80 Å². The number of halogens is 1. The fraction of sp³-hybridized carbons (Fsp3) is 0.312. The molecule has 0 aliphatic carbocycles. The highest BCUT2D eigenvalue weighted by Gasteiger charge is 2.26. The standard InChI is InChI=1S/C16H17ClN4O2/c1-11-9-19(2)15-6-4-3-5-12(15)10-20(11)16-14(17)7-13(8-18-16)21(22)23/h3-8,11H,9-10H2,1-2H3. The van der Waals surface area contributed by atoms with Crippen molar-refractivity contribution in [2.45, 2.75) is 19.5 Å². The van der Waals surface area contributed by atoms with Gasteiger partial charge < -0.3 is 9.80 Å². The summed E-state index contributed by atoms with van der Waals surface area (Å²) in [4.78, 5) is 18.9. The molecule has 1 aliphatic rings. The smallest absolute Gasteiger partial charge is 0.289 e. The van der Waals surface area contributed by atoms with Gasteiger partial charge in [0.2, 0.25) is 0 Å². The molecular formula is C16H17ClN4O2. The number of fused-ring (bicyclic) bond motifs is 1. The van der Waals surface area contributed by atoms with Crippen molar-refractivity contribution in [3.8, 4) is 0 Å². The lowest BCUT2D eigenvalue weighted by Crippen LogP contribution is -2.38. The number of likely N-dealkylation sites (N-methyl/N-ethyl adjacent to an activating group) is 1. The second-order valence-corrected chi connectivity index (χ2v) is 6.15. The molecule has 0 radical (unpaired) electrons.